The molecule has 0 fully saturated rings. The van der Waals surface area contributed by atoms with Crippen LogP contribution in [0.2, 0.25) is 0 Å². The maximum Gasteiger partial charge on any atom is 0.331 e. The fraction of sp³-hybridized carbons (Fsp3) is 0.0455. The summed E-state index contributed by atoms with van der Waals surface area (Å²) in [6.45, 7) is 0. The minimum absolute atomic E-state index is 0.294. The Morgan fingerprint density at radius 1 is 0.966 bits per heavy atom. The first kappa shape index (κ1) is 19.5. The van der Waals surface area contributed by atoms with Crippen molar-refractivity contribution < 1.29 is 9.90 Å². The van der Waals surface area contributed by atoms with Crippen molar-refractivity contribution in [3.05, 3.63) is 97.7 Å². The number of aromatic nitrogens is 2. The first-order valence-electron chi connectivity index (χ1n) is 8.72. The van der Waals surface area contributed by atoms with Gasteiger partial charge in [0.05, 0.1) is 10.9 Å². The van der Waals surface area contributed by atoms with Crippen LogP contribution in [0.1, 0.15) is 11.6 Å². The van der Waals surface area contributed by atoms with Gasteiger partial charge in [-0.05, 0) is 33.6 Å². The lowest BCUT2D eigenvalue weighted by Gasteiger charge is -2.21. The average molecular weight is 514 g/mol. The largest absolute Gasteiger partial charge is 0.479 e. The Bertz CT molecular complexity index is 1270. The molecule has 7 heteroatoms. The third-order valence-electron chi connectivity index (χ3n) is 4.56. The zero-order valence-corrected chi connectivity index (χ0v) is 18.1. The lowest BCUT2D eigenvalue weighted by molar-refractivity contribution is -0.139. The second kappa shape index (κ2) is 7.93. The van der Waals surface area contributed by atoms with E-state index >= 15 is 0 Å². The van der Waals surface area contributed by atoms with Gasteiger partial charge in [-0.15, -0.1) is 0 Å². The van der Waals surface area contributed by atoms with Crippen LogP contribution >= 0.6 is 31.9 Å². The van der Waals surface area contributed by atoms with Crippen molar-refractivity contribution in [2.45, 2.75) is 6.04 Å². The summed E-state index contributed by atoms with van der Waals surface area (Å²) < 4.78 is 2.60. The molecule has 4 rings (SSSR count). The Kier molecular flexibility index (Phi) is 5.34. The SMILES string of the molecule is O=C(O)C(c1ccccc1)n1c(-c2ccccc2)nc2c(Br)cc(Br)cc2c1=O. The van der Waals surface area contributed by atoms with E-state index in [4.69, 9.17) is 4.98 Å². The standard InChI is InChI=1S/C22H14Br2N2O3/c23-15-11-16-18(17(24)12-15)25-20(14-9-5-2-6-10-14)26(21(16)27)19(22(28)29)13-7-3-1-4-8-13/h1-12,19H,(H,28,29). The minimum atomic E-state index is -1.21. The maximum absolute atomic E-state index is 13.6. The van der Waals surface area contributed by atoms with Crippen molar-refractivity contribution in [3.8, 4) is 11.4 Å². The number of halogens is 2. The number of carbonyl (C=O) groups is 1. The number of rotatable bonds is 4. The third kappa shape index (κ3) is 3.63. The summed E-state index contributed by atoms with van der Waals surface area (Å²) in [4.78, 5) is 30.6. The van der Waals surface area contributed by atoms with Crippen LogP contribution in [-0.2, 0) is 4.79 Å². The Labute approximate surface area is 182 Å². The van der Waals surface area contributed by atoms with Gasteiger partial charge in [0, 0.05) is 14.5 Å². The van der Waals surface area contributed by atoms with Gasteiger partial charge in [-0.25, -0.2) is 9.78 Å². The molecule has 1 atom stereocenters. The number of nitrogens with zero attached hydrogens (tertiary/aromatic N) is 2. The highest BCUT2D eigenvalue weighted by atomic mass is 79.9. The second-order valence-corrected chi connectivity index (χ2v) is 8.18. The van der Waals surface area contributed by atoms with Crippen LogP contribution in [-0.4, -0.2) is 20.6 Å². The monoisotopic (exact) mass is 512 g/mol. The van der Waals surface area contributed by atoms with E-state index in [1.54, 1.807) is 54.6 Å². The summed E-state index contributed by atoms with van der Waals surface area (Å²) in [5, 5.41) is 10.4. The molecule has 0 bridgehead atoms. The van der Waals surface area contributed by atoms with Crippen molar-refractivity contribution in [3.63, 3.8) is 0 Å². The van der Waals surface area contributed by atoms with Gasteiger partial charge in [-0.3, -0.25) is 9.36 Å². The lowest BCUT2D eigenvalue weighted by Crippen LogP contribution is -2.33. The first-order valence-corrected chi connectivity index (χ1v) is 10.3. The van der Waals surface area contributed by atoms with Crippen LogP contribution in [0.4, 0.5) is 0 Å². The molecule has 1 unspecified atom stereocenters. The highest BCUT2D eigenvalue weighted by Crippen LogP contribution is 2.30. The fourth-order valence-electron chi connectivity index (χ4n) is 3.30. The van der Waals surface area contributed by atoms with E-state index in [0.717, 1.165) is 0 Å². The summed E-state index contributed by atoms with van der Waals surface area (Å²) in [7, 11) is 0. The summed E-state index contributed by atoms with van der Waals surface area (Å²) in [6, 6.07) is 20.1. The van der Waals surface area contributed by atoms with Crippen LogP contribution in [0.5, 0.6) is 0 Å². The van der Waals surface area contributed by atoms with Crippen molar-refractivity contribution in [1.82, 2.24) is 9.55 Å². The zero-order valence-electron chi connectivity index (χ0n) is 14.9. The fourth-order valence-corrected chi connectivity index (χ4v) is 4.61. The average Bonchev–Trinajstić information content (AvgIpc) is 2.71. The molecule has 0 aliphatic carbocycles. The highest BCUT2D eigenvalue weighted by molar-refractivity contribution is 9.11. The molecule has 3 aromatic carbocycles. The summed E-state index contributed by atoms with van der Waals surface area (Å²) >= 11 is 6.86. The van der Waals surface area contributed by atoms with Crippen LogP contribution in [0.15, 0.2) is 86.5 Å². The molecule has 5 nitrogen and oxygen atoms in total. The number of carboxylic acids is 1. The van der Waals surface area contributed by atoms with Crippen LogP contribution < -0.4 is 5.56 Å². The van der Waals surface area contributed by atoms with Crippen LogP contribution in [0, 0.1) is 0 Å². The van der Waals surface area contributed by atoms with Crippen molar-refractivity contribution in [2.24, 2.45) is 0 Å². The smallest absolute Gasteiger partial charge is 0.331 e. The first-order chi connectivity index (χ1) is 14.0. The molecule has 29 heavy (non-hydrogen) atoms. The number of hydrogen-bond acceptors (Lipinski definition) is 3. The molecule has 0 saturated heterocycles. The van der Waals surface area contributed by atoms with Crippen molar-refractivity contribution in [1.29, 1.82) is 0 Å². The van der Waals surface area contributed by atoms with Gasteiger partial charge in [0.1, 0.15) is 5.82 Å². The Hall–Kier alpha value is -2.77. The number of aliphatic carboxylic acids is 1. The maximum atomic E-state index is 13.6. The van der Waals surface area contributed by atoms with E-state index in [0.29, 0.717) is 36.8 Å². The van der Waals surface area contributed by atoms with Crippen molar-refractivity contribution >= 4 is 48.7 Å². The molecule has 0 aliphatic heterocycles. The molecule has 0 saturated carbocycles. The van der Waals surface area contributed by atoms with Gasteiger partial charge in [0.2, 0.25) is 0 Å². The molecular formula is C22H14Br2N2O3. The number of hydrogen-bond donors (Lipinski definition) is 1. The molecule has 144 valence electrons. The second-order valence-electron chi connectivity index (χ2n) is 6.41. The number of carboxylic acid groups (broad SMARTS) is 1. The Morgan fingerprint density at radius 2 is 1.59 bits per heavy atom. The van der Waals surface area contributed by atoms with Gasteiger partial charge in [-0.1, -0.05) is 76.6 Å². The van der Waals surface area contributed by atoms with Gasteiger partial charge in [0.15, 0.2) is 6.04 Å². The summed E-state index contributed by atoms with van der Waals surface area (Å²) in [5.41, 5.74) is 1.20. The van der Waals surface area contributed by atoms with E-state index in [1.807, 2.05) is 18.2 Å². The summed E-state index contributed by atoms with van der Waals surface area (Å²) in [6.07, 6.45) is 0. The predicted molar refractivity (Wildman–Crippen MR) is 119 cm³/mol. The number of benzene rings is 3. The minimum Gasteiger partial charge on any atom is -0.479 e. The molecule has 0 spiro atoms. The molecule has 0 amide bonds. The Balaban J connectivity index is 2.15. The van der Waals surface area contributed by atoms with Gasteiger partial charge < -0.3 is 5.11 Å². The molecule has 0 aliphatic rings. The normalized spacial score (nSPS) is 12.1. The quantitative estimate of drug-likeness (QED) is 0.404. The molecule has 1 aromatic heterocycles. The molecule has 4 aromatic rings. The van der Waals surface area contributed by atoms with Gasteiger partial charge >= 0.3 is 5.97 Å². The molecule has 1 N–H and O–H groups in total. The van der Waals surface area contributed by atoms with Gasteiger partial charge in [-0.2, -0.15) is 0 Å². The summed E-state index contributed by atoms with van der Waals surface area (Å²) in [5.74, 6) is -0.840. The van der Waals surface area contributed by atoms with Gasteiger partial charge in [0.25, 0.3) is 5.56 Å². The third-order valence-corrected chi connectivity index (χ3v) is 5.63. The zero-order chi connectivity index (χ0) is 20.5. The lowest BCUT2D eigenvalue weighted by atomic mass is 10.1. The van der Waals surface area contributed by atoms with Crippen LogP contribution in [0.25, 0.3) is 22.3 Å². The van der Waals surface area contributed by atoms with E-state index < -0.39 is 17.6 Å². The predicted octanol–water partition coefficient (Wildman–Crippen LogP) is 5.26. The molecule has 0 radical (unpaired) electrons. The van der Waals surface area contributed by atoms with E-state index in [2.05, 4.69) is 31.9 Å². The van der Waals surface area contributed by atoms with Crippen molar-refractivity contribution in [2.75, 3.05) is 0 Å². The van der Waals surface area contributed by atoms with Crippen LogP contribution in [0.3, 0.4) is 0 Å². The molecule has 1 heterocycles. The van der Waals surface area contributed by atoms with E-state index in [9.17, 15) is 14.7 Å². The van der Waals surface area contributed by atoms with E-state index in [1.165, 1.54) is 4.57 Å². The number of fused-ring (bicyclic) bond motifs is 1. The Morgan fingerprint density at radius 3 is 2.21 bits per heavy atom. The topological polar surface area (TPSA) is 72.2 Å². The van der Waals surface area contributed by atoms with E-state index in [-0.39, 0.29) is 0 Å². The molecular weight excluding hydrogens is 500 g/mol. The highest BCUT2D eigenvalue weighted by Gasteiger charge is 2.28.